The van der Waals surface area contributed by atoms with Crippen molar-refractivity contribution in [2.45, 2.75) is 19.8 Å². The highest BCUT2D eigenvalue weighted by Gasteiger charge is 2.11. The average molecular weight is 290 g/mol. The molecule has 5 heteroatoms. The Morgan fingerprint density at radius 3 is 2.78 bits per heavy atom. The van der Waals surface area contributed by atoms with Gasteiger partial charge in [-0.25, -0.2) is 0 Å². The normalized spacial score (nSPS) is 10.4. The van der Waals surface area contributed by atoms with Crippen LogP contribution in [0.1, 0.15) is 19.8 Å². The average Bonchev–Trinajstić information content (AvgIpc) is 2.38. The van der Waals surface area contributed by atoms with Gasteiger partial charge in [-0.15, -0.1) is 0 Å². The molecule has 0 spiro atoms. The first kappa shape index (κ1) is 15.3. The second-order valence-electron chi connectivity index (χ2n) is 3.84. The molecule has 0 N–H and O–H groups in total. The molecule has 0 radical (unpaired) electrons. The number of hydrogen-bond donors (Lipinski definition) is 0. The van der Waals surface area contributed by atoms with Crippen LogP contribution in [0.3, 0.4) is 0 Å². The summed E-state index contributed by atoms with van der Waals surface area (Å²) in [4.78, 5) is 12.6. The number of benzene rings is 1. The van der Waals surface area contributed by atoms with E-state index in [2.05, 4.69) is 6.92 Å². The highest BCUT2D eigenvalue weighted by molar-refractivity contribution is 6.43. The van der Waals surface area contributed by atoms with Gasteiger partial charge in [-0.05, 0) is 18.6 Å². The Bertz CT molecular complexity index is 385. The van der Waals surface area contributed by atoms with Crippen LogP contribution in [-0.2, 0) is 9.53 Å². The third-order valence-electron chi connectivity index (χ3n) is 2.49. The van der Waals surface area contributed by atoms with Crippen molar-refractivity contribution in [3.05, 3.63) is 28.2 Å². The molecular weight excluding hydrogens is 273 g/mol. The monoisotopic (exact) mass is 289 g/mol. The molecular formula is C13H17Cl2NO2. The molecule has 3 nitrogen and oxygen atoms in total. The third kappa shape index (κ3) is 4.48. The van der Waals surface area contributed by atoms with Crippen molar-refractivity contribution in [1.82, 2.24) is 0 Å². The number of hydrogen-bond acceptors (Lipinski definition) is 2. The summed E-state index contributed by atoms with van der Waals surface area (Å²) in [6, 6.07) is 5.21. The minimum Gasteiger partial charge on any atom is -0.380 e. The topological polar surface area (TPSA) is 29.5 Å². The highest BCUT2D eigenvalue weighted by Crippen LogP contribution is 2.31. The minimum atomic E-state index is 0.389. The molecule has 1 amide bonds. The summed E-state index contributed by atoms with van der Waals surface area (Å²) in [5.41, 5.74) is 0.609. The van der Waals surface area contributed by atoms with Crippen LogP contribution in [0.5, 0.6) is 0 Å². The van der Waals surface area contributed by atoms with Crippen LogP contribution in [-0.4, -0.2) is 26.2 Å². The van der Waals surface area contributed by atoms with Gasteiger partial charge in [0.05, 0.1) is 22.3 Å². The van der Waals surface area contributed by atoms with E-state index in [0.29, 0.717) is 35.5 Å². The standard InChI is InChI=1S/C13H17Cl2NO2/c1-2-3-8-18-9-7-16(10-17)12-6-4-5-11(14)13(12)15/h4-6,10H,2-3,7-9H2,1H3. The Labute approximate surface area is 118 Å². The number of carbonyl (C=O) groups excluding carboxylic acids is 1. The summed E-state index contributed by atoms with van der Waals surface area (Å²) >= 11 is 12.0. The zero-order valence-electron chi connectivity index (χ0n) is 10.4. The van der Waals surface area contributed by atoms with Gasteiger partial charge in [-0.1, -0.05) is 42.6 Å². The van der Waals surface area contributed by atoms with Gasteiger partial charge < -0.3 is 9.64 Å². The summed E-state index contributed by atoms with van der Waals surface area (Å²) in [7, 11) is 0. The van der Waals surface area contributed by atoms with Crippen LogP contribution in [0.15, 0.2) is 18.2 Å². The lowest BCUT2D eigenvalue weighted by molar-refractivity contribution is -0.107. The van der Waals surface area contributed by atoms with E-state index in [1.54, 1.807) is 18.2 Å². The molecule has 0 bridgehead atoms. The summed E-state index contributed by atoms with van der Waals surface area (Å²) in [6.07, 6.45) is 2.86. The van der Waals surface area contributed by atoms with E-state index in [-0.39, 0.29) is 0 Å². The number of unbranched alkanes of at least 4 members (excludes halogenated alkanes) is 1. The predicted octanol–water partition coefficient (Wildman–Crippen LogP) is 3.77. The van der Waals surface area contributed by atoms with Gasteiger partial charge in [0.15, 0.2) is 0 Å². The van der Waals surface area contributed by atoms with E-state index in [1.807, 2.05) is 0 Å². The fourth-order valence-electron chi connectivity index (χ4n) is 1.46. The number of anilines is 1. The van der Waals surface area contributed by atoms with E-state index in [1.165, 1.54) is 4.90 Å². The van der Waals surface area contributed by atoms with Gasteiger partial charge in [0, 0.05) is 13.2 Å². The van der Waals surface area contributed by atoms with Crippen LogP contribution in [0, 0.1) is 0 Å². The largest absolute Gasteiger partial charge is 0.380 e. The maximum atomic E-state index is 11.1. The maximum absolute atomic E-state index is 11.1. The molecule has 0 atom stereocenters. The van der Waals surface area contributed by atoms with E-state index in [4.69, 9.17) is 27.9 Å². The molecule has 1 aromatic carbocycles. The van der Waals surface area contributed by atoms with Crippen molar-refractivity contribution in [1.29, 1.82) is 0 Å². The lowest BCUT2D eigenvalue weighted by atomic mass is 10.3. The zero-order chi connectivity index (χ0) is 13.4. The molecule has 0 heterocycles. The maximum Gasteiger partial charge on any atom is 0.214 e. The number of rotatable bonds is 8. The van der Waals surface area contributed by atoms with Crippen molar-refractivity contribution in [3.8, 4) is 0 Å². The highest BCUT2D eigenvalue weighted by atomic mass is 35.5. The Morgan fingerprint density at radius 2 is 2.11 bits per heavy atom. The van der Waals surface area contributed by atoms with Gasteiger partial charge in [0.2, 0.25) is 6.41 Å². The Kier molecular flexibility index (Phi) is 7.09. The summed E-state index contributed by atoms with van der Waals surface area (Å²) in [5, 5.41) is 0.827. The van der Waals surface area contributed by atoms with E-state index in [9.17, 15) is 4.79 Å². The van der Waals surface area contributed by atoms with Gasteiger partial charge in [-0.2, -0.15) is 0 Å². The summed E-state index contributed by atoms with van der Waals surface area (Å²) in [6.45, 7) is 3.77. The van der Waals surface area contributed by atoms with E-state index in [0.717, 1.165) is 19.3 Å². The molecule has 0 unspecified atom stereocenters. The van der Waals surface area contributed by atoms with Crippen molar-refractivity contribution in [3.63, 3.8) is 0 Å². The molecule has 1 rings (SSSR count). The lowest BCUT2D eigenvalue weighted by Crippen LogP contribution is -2.26. The van der Waals surface area contributed by atoms with E-state index < -0.39 is 0 Å². The SMILES string of the molecule is CCCCOCCN(C=O)c1cccc(Cl)c1Cl. The number of amides is 1. The van der Waals surface area contributed by atoms with Crippen molar-refractivity contribution in [2.75, 3.05) is 24.7 Å². The summed E-state index contributed by atoms with van der Waals surface area (Å²) in [5.74, 6) is 0. The molecule has 0 aliphatic rings. The van der Waals surface area contributed by atoms with Crippen molar-refractivity contribution < 1.29 is 9.53 Å². The first-order chi connectivity index (χ1) is 8.70. The smallest absolute Gasteiger partial charge is 0.214 e. The molecule has 0 saturated carbocycles. The molecule has 0 aliphatic carbocycles. The van der Waals surface area contributed by atoms with Gasteiger partial charge in [0.25, 0.3) is 0 Å². The molecule has 18 heavy (non-hydrogen) atoms. The minimum absolute atomic E-state index is 0.389. The molecule has 0 fully saturated rings. The van der Waals surface area contributed by atoms with Crippen molar-refractivity contribution >= 4 is 35.3 Å². The Balaban J connectivity index is 2.55. The molecule has 100 valence electrons. The van der Waals surface area contributed by atoms with Crippen LogP contribution in [0.25, 0.3) is 0 Å². The number of ether oxygens (including phenoxy) is 1. The molecule has 0 aliphatic heterocycles. The van der Waals surface area contributed by atoms with Crippen LogP contribution >= 0.6 is 23.2 Å². The van der Waals surface area contributed by atoms with Crippen LogP contribution in [0.2, 0.25) is 10.0 Å². The second-order valence-corrected chi connectivity index (χ2v) is 4.62. The fourth-order valence-corrected chi connectivity index (χ4v) is 1.86. The van der Waals surface area contributed by atoms with E-state index >= 15 is 0 Å². The number of nitrogens with zero attached hydrogens (tertiary/aromatic N) is 1. The first-order valence-corrected chi connectivity index (χ1v) is 6.70. The number of halogens is 2. The lowest BCUT2D eigenvalue weighted by Gasteiger charge is -2.19. The third-order valence-corrected chi connectivity index (χ3v) is 3.30. The van der Waals surface area contributed by atoms with Gasteiger partial charge >= 0.3 is 0 Å². The van der Waals surface area contributed by atoms with Gasteiger partial charge in [-0.3, -0.25) is 4.79 Å². The fraction of sp³-hybridized carbons (Fsp3) is 0.462. The zero-order valence-corrected chi connectivity index (χ0v) is 11.9. The molecule has 0 aromatic heterocycles. The number of carbonyl (C=O) groups is 1. The Hall–Kier alpha value is -0.770. The summed E-state index contributed by atoms with van der Waals surface area (Å²) < 4.78 is 5.42. The predicted molar refractivity (Wildman–Crippen MR) is 75.6 cm³/mol. The second kappa shape index (κ2) is 8.35. The first-order valence-electron chi connectivity index (χ1n) is 5.94. The Morgan fingerprint density at radius 1 is 1.33 bits per heavy atom. The molecule has 0 saturated heterocycles. The quantitative estimate of drug-likeness (QED) is 0.538. The molecule has 1 aromatic rings. The van der Waals surface area contributed by atoms with Crippen LogP contribution in [0.4, 0.5) is 5.69 Å². The van der Waals surface area contributed by atoms with Crippen LogP contribution < -0.4 is 4.90 Å². The van der Waals surface area contributed by atoms with Gasteiger partial charge in [0.1, 0.15) is 0 Å². The van der Waals surface area contributed by atoms with Crippen molar-refractivity contribution in [2.24, 2.45) is 0 Å².